The van der Waals surface area contributed by atoms with Crippen molar-refractivity contribution in [3.63, 3.8) is 0 Å². The Morgan fingerprint density at radius 3 is 2.23 bits per heavy atom. The Morgan fingerprint density at radius 1 is 1.31 bits per heavy atom. The van der Waals surface area contributed by atoms with E-state index in [1.54, 1.807) is 24.3 Å². The highest BCUT2D eigenvalue weighted by atomic mass is 16.4. The number of aldehydes is 1. The normalized spacial score (nSPS) is 9.23. The van der Waals surface area contributed by atoms with Crippen LogP contribution in [0.4, 0.5) is 0 Å². The Bertz CT molecular complexity index is 349. The van der Waals surface area contributed by atoms with Crippen molar-refractivity contribution in [3.05, 3.63) is 42.0 Å². The monoisotopic (exact) mass is 176 g/mol. The van der Waals surface area contributed by atoms with Gasteiger partial charge in [-0.25, -0.2) is 4.79 Å². The van der Waals surface area contributed by atoms with Crippen LogP contribution >= 0.6 is 0 Å². The van der Waals surface area contributed by atoms with Crippen molar-refractivity contribution in [2.75, 3.05) is 0 Å². The van der Waals surface area contributed by atoms with Gasteiger partial charge in [0.25, 0.3) is 0 Å². The molecule has 0 aliphatic rings. The first-order chi connectivity index (χ1) is 6.15. The van der Waals surface area contributed by atoms with Crippen LogP contribution in [0.5, 0.6) is 0 Å². The molecule has 0 fully saturated rings. The second kappa shape index (κ2) is 3.67. The molecule has 0 heterocycles. The maximum Gasteiger partial charge on any atom is 0.335 e. The van der Waals surface area contributed by atoms with E-state index in [-0.39, 0.29) is 5.57 Å². The predicted molar refractivity (Wildman–Crippen MR) is 48.5 cm³/mol. The summed E-state index contributed by atoms with van der Waals surface area (Å²) >= 11 is 0. The molecular weight excluding hydrogens is 168 g/mol. The number of carbonyl (C=O) groups excluding carboxylic acids is 1. The van der Waals surface area contributed by atoms with Gasteiger partial charge in [-0.2, -0.15) is 0 Å². The van der Waals surface area contributed by atoms with E-state index in [2.05, 4.69) is 6.58 Å². The van der Waals surface area contributed by atoms with Crippen molar-refractivity contribution in [1.82, 2.24) is 0 Å². The molecule has 0 aliphatic heterocycles. The topological polar surface area (TPSA) is 54.4 Å². The maximum absolute atomic E-state index is 10.5. The van der Waals surface area contributed by atoms with Gasteiger partial charge < -0.3 is 5.11 Å². The summed E-state index contributed by atoms with van der Waals surface area (Å²) in [4.78, 5) is 20.8. The van der Waals surface area contributed by atoms with Gasteiger partial charge in [0.05, 0.1) is 5.57 Å². The fourth-order valence-corrected chi connectivity index (χ4v) is 0.886. The van der Waals surface area contributed by atoms with E-state index in [0.29, 0.717) is 17.4 Å². The summed E-state index contributed by atoms with van der Waals surface area (Å²) in [6.45, 7) is 3.39. The summed E-state index contributed by atoms with van der Waals surface area (Å²) in [6, 6.07) is 6.22. The van der Waals surface area contributed by atoms with Crippen LogP contribution in [0.15, 0.2) is 30.8 Å². The Morgan fingerprint density at radius 2 is 1.85 bits per heavy atom. The van der Waals surface area contributed by atoms with Crippen LogP contribution in [0.3, 0.4) is 0 Å². The highest BCUT2D eigenvalue weighted by molar-refractivity contribution is 6.14. The average Bonchev–Trinajstić information content (AvgIpc) is 2.17. The van der Waals surface area contributed by atoms with Crippen LogP contribution in [0, 0.1) is 0 Å². The fourth-order valence-electron chi connectivity index (χ4n) is 0.886. The Hall–Kier alpha value is -1.90. The lowest BCUT2D eigenvalue weighted by Crippen LogP contribution is -1.97. The van der Waals surface area contributed by atoms with E-state index in [1.165, 1.54) is 0 Å². The maximum atomic E-state index is 10.5. The third kappa shape index (κ3) is 2.02. The van der Waals surface area contributed by atoms with Crippen molar-refractivity contribution >= 4 is 17.8 Å². The predicted octanol–water partition coefficient (Wildman–Crippen LogP) is 1.60. The lowest BCUT2D eigenvalue weighted by Gasteiger charge is -1.99. The molecule has 0 aliphatic carbocycles. The summed E-state index contributed by atoms with van der Waals surface area (Å²) in [5, 5.41) is 8.59. The third-order valence-corrected chi connectivity index (χ3v) is 1.65. The molecule has 13 heavy (non-hydrogen) atoms. The van der Waals surface area contributed by atoms with E-state index in [1.807, 2.05) is 0 Å². The van der Waals surface area contributed by atoms with E-state index < -0.39 is 5.97 Å². The first kappa shape index (κ1) is 9.19. The second-order valence-corrected chi connectivity index (χ2v) is 2.52. The van der Waals surface area contributed by atoms with Gasteiger partial charge in [-0.15, -0.1) is 0 Å². The van der Waals surface area contributed by atoms with Gasteiger partial charge in [0.15, 0.2) is 0 Å². The molecule has 66 valence electrons. The molecule has 3 heteroatoms. The summed E-state index contributed by atoms with van der Waals surface area (Å²) in [6.07, 6.45) is 0.702. The Kier molecular flexibility index (Phi) is 2.59. The minimum Gasteiger partial charge on any atom is -0.478 e. The molecule has 1 rings (SSSR count). The number of carboxylic acid groups (broad SMARTS) is 1. The van der Waals surface area contributed by atoms with Crippen LogP contribution in [-0.2, 0) is 4.79 Å². The summed E-state index contributed by atoms with van der Waals surface area (Å²) in [7, 11) is 0. The first-order valence-corrected chi connectivity index (χ1v) is 3.63. The van der Waals surface area contributed by atoms with Crippen LogP contribution in [-0.4, -0.2) is 17.4 Å². The summed E-state index contributed by atoms with van der Waals surface area (Å²) in [5.74, 6) is -1.06. The quantitative estimate of drug-likeness (QED) is 0.562. The van der Waals surface area contributed by atoms with Crippen LogP contribution < -0.4 is 0 Å². The summed E-state index contributed by atoms with van der Waals surface area (Å²) in [5.41, 5.74) is 1.05. The van der Waals surface area contributed by atoms with Crippen LogP contribution in [0.1, 0.15) is 15.9 Å². The van der Waals surface area contributed by atoms with E-state index in [4.69, 9.17) is 5.11 Å². The molecule has 3 nitrogen and oxygen atoms in total. The van der Waals surface area contributed by atoms with Crippen molar-refractivity contribution in [3.8, 4) is 0 Å². The largest absolute Gasteiger partial charge is 0.478 e. The minimum atomic E-state index is -1.06. The SMILES string of the molecule is C=C(C(=O)O)c1ccc(C=O)cc1. The molecule has 0 amide bonds. The van der Waals surface area contributed by atoms with Crippen molar-refractivity contribution in [2.45, 2.75) is 0 Å². The Labute approximate surface area is 75.3 Å². The van der Waals surface area contributed by atoms with E-state index in [9.17, 15) is 9.59 Å². The lowest BCUT2D eigenvalue weighted by atomic mass is 10.1. The smallest absolute Gasteiger partial charge is 0.335 e. The van der Waals surface area contributed by atoms with Gasteiger partial charge >= 0.3 is 5.97 Å². The van der Waals surface area contributed by atoms with Crippen LogP contribution in [0.2, 0.25) is 0 Å². The van der Waals surface area contributed by atoms with Gasteiger partial charge in [0.1, 0.15) is 6.29 Å². The number of aliphatic carboxylic acids is 1. The lowest BCUT2D eigenvalue weighted by molar-refractivity contribution is -0.130. The number of hydrogen-bond acceptors (Lipinski definition) is 2. The van der Waals surface area contributed by atoms with E-state index in [0.717, 1.165) is 0 Å². The zero-order chi connectivity index (χ0) is 9.84. The van der Waals surface area contributed by atoms with Crippen LogP contribution in [0.25, 0.3) is 5.57 Å². The highest BCUT2D eigenvalue weighted by Crippen LogP contribution is 2.12. The molecule has 1 N–H and O–H groups in total. The zero-order valence-corrected chi connectivity index (χ0v) is 6.86. The molecule has 1 aromatic carbocycles. The summed E-state index contributed by atoms with van der Waals surface area (Å²) < 4.78 is 0. The number of carboxylic acids is 1. The second-order valence-electron chi connectivity index (χ2n) is 2.52. The highest BCUT2D eigenvalue weighted by Gasteiger charge is 2.05. The average molecular weight is 176 g/mol. The van der Waals surface area contributed by atoms with Crippen molar-refractivity contribution in [1.29, 1.82) is 0 Å². The minimum absolute atomic E-state index is 0.0254. The first-order valence-electron chi connectivity index (χ1n) is 3.63. The molecule has 0 saturated heterocycles. The van der Waals surface area contributed by atoms with Gasteiger partial charge in [-0.05, 0) is 5.56 Å². The van der Waals surface area contributed by atoms with Gasteiger partial charge in [0, 0.05) is 5.56 Å². The molecule has 0 spiro atoms. The zero-order valence-electron chi connectivity index (χ0n) is 6.86. The molecule has 0 saturated carbocycles. The molecule has 0 bridgehead atoms. The van der Waals surface area contributed by atoms with Crippen molar-refractivity contribution < 1.29 is 14.7 Å². The number of carbonyl (C=O) groups is 2. The number of benzene rings is 1. The van der Waals surface area contributed by atoms with Gasteiger partial charge in [-0.3, -0.25) is 4.79 Å². The Balaban J connectivity index is 2.98. The van der Waals surface area contributed by atoms with Gasteiger partial charge in [0.2, 0.25) is 0 Å². The fraction of sp³-hybridized carbons (Fsp3) is 0. The molecule has 0 aromatic heterocycles. The standard InChI is InChI=1S/C10H8O3/c1-7(10(12)13)9-4-2-8(6-11)3-5-9/h2-6H,1H2,(H,12,13). The molecule has 1 aromatic rings. The molecule has 0 atom stereocenters. The number of hydrogen-bond donors (Lipinski definition) is 1. The van der Waals surface area contributed by atoms with Gasteiger partial charge in [-0.1, -0.05) is 30.8 Å². The molecular formula is C10H8O3. The third-order valence-electron chi connectivity index (χ3n) is 1.65. The van der Waals surface area contributed by atoms with Crippen molar-refractivity contribution in [2.24, 2.45) is 0 Å². The number of rotatable bonds is 3. The van der Waals surface area contributed by atoms with E-state index >= 15 is 0 Å². The molecule has 0 unspecified atom stereocenters. The molecule has 0 radical (unpaired) electrons.